The molecule has 0 radical (unpaired) electrons. The maximum Gasteiger partial charge on any atom is 0.434 e. The molecule has 1 amide bonds. The molecule has 5 nitrogen and oxygen atoms in total. The second-order valence-electron chi connectivity index (χ2n) is 5.51. The van der Waals surface area contributed by atoms with Gasteiger partial charge in [0.25, 0.3) is 5.91 Å². The van der Waals surface area contributed by atoms with Crippen LogP contribution in [0.4, 0.5) is 13.2 Å². The number of hydrogen-bond donors (Lipinski definition) is 1. The Morgan fingerprint density at radius 2 is 1.77 bits per heavy atom. The highest BCUT2D eigenvalue weighted by Crippen LogP contribution is 2.33. The predicted molar refractivity (Wildman–Crippen MR) is 88.8 cm³/mol. The van der Waals surface area contributed by atoms with Crippen molar-refractivity contribution in [1.82, 2.24) is 20.1 Å². The SMILES string of the molecule is O=C(NCCc1ccncc1)c1cnn(-c2ccccc2)c1C(F)(F)F. The molecule has 2 heterocycles. The Hall–Kier alpha value is -3.16. The van der Waals surface area contributed by atoms with E-state index in [9.17, 15) is 18.0 Å². The Kier molecular flexibility index (Phi) is 5.01. The van der Waals surface area contributed by atoms with Crippen molar-refractivity contribution in [1.29, 1.82) is 0 Å². The third kappa shape index (κ3) is 3.90. The van der Waals surface area contributed by atoms with E-state index in [0.29, 0.717) is 6.42 Å². The van der Waals surface area contributed by atoms with Gasteiger partial charge in [-0.2, -0.15) is 18.3 Å². The largest absolute Gasteiger partial charge is 0.434 e. The van der Waals surface area contributed by atoms with Gasteiger partial charge < -0.3 is 5.32 Å². The lowest BCUT2D eigenvalue weighted by Crippen LogP contribution is -2.28. The molecule has 3 rings (SSSR count). The van der Waals surface area contributed by atoms with Crippen LogP contribution in [0.3, 0.4) is 0 Å². The second kappa shape index (κ2) is 7.38. The summed E-state index contributed by atoms with van der Waals surface area (Å²) in [7, 11) is 0. The number of para-hydroxylation sites is 1. The second-order valence-corrected chi connectivity index (χ2v) is 5.51. The Balaban J connectivity index is 1.81. The number of carbonyl (C=O) groups excluding carboxylic acids is 1. The zero-order valence-electron chi connectivity index (χ0n) is 13.6. The summed E-state index contributed by atoms with van der Waals surface area (Å²) in [6.07, 6.45) is -0.0598. The molecule has 0 saturated carbocycles. The van der Waals surface area contributed by atoms with Crippen molar-refractivity contribution in [3.63, 3.8) is 0 Å². The lowest BCUT2D eigenvalue weighted by atomic mass is 10.2. The summed E-state index contributed by atoms with van der Waals surface area (Å²) in [5.41, 5.74) is -0.437. The quantitative estimate of drug-likeness (QED) is 0.760. The van der Waals surface area contributed by atoms with E-state index in [1.165, 1.54) is 12.1 Å². The molecule has 1 N–H and O–H groups in total. The Bertz CT molecular complexity index is 876. The molecule has 0 unspecified atom stereocenters. The third-order valence-corrected chi connectivity index (χ3v) is 3.73. The molecule has 8 heteroatoms. The lowest BCUT2D eigenvalue weighted by molar-refractivity contribution is -0.143. The minimum atomic E-state index is -4.72. The van der Waals surface area contributed by atoms with Crippen LogP contribution >= 0.6 is 0 Å². The maximum absolute atomic E-state index is 13.5. The number of nitrogens with zero attached hydrogens (tertiary/aromatic N) is 3. The number of pyridine rings is 1. The van der Waals surface area contributed by atoms with Gasteiger partial charge in [-0.3, -0.25) is 9.78 Å². The molecule has 0 aliphatic carbocycles. The van der Waals surface area contributed by atoms with Crippen LogP contribution in [0.1, 0.15) is 21.6 Å². The van der Waals surface area contributed by atoms with Crippen LogP contribution in [0.5, 0.6) is 0 Å². The summed E-state index contributed by atoms with van der Waals surface area (Å²) in [6.45, 7) is 0.205. The first-order valence-electron chi connectivity index (χ1n) is 7.84. The van der Waals surface area contributed by atoms with E-state index >= 15 is 0 Å². The summed E-state index contributed by atoms with van der Waals surface area (Å²) < 4.78 is 41.3. The topological polar surface area (TPSA) is 59.8 Å². The van der Waals surface area contributed by atoms with E-state index in [-0.39, 0.29) is 12.2 Å². The van der Waals surface area contributed by atoms with Gasteiger partial charge in [-0.05, 0) is 36.2 Å². The van der Waals surface area contributed by atoms with E-state index in [1.54, 1.807) is 42.7 Å². The van der Waals surface area contributed by atoms with E-state index in [4.69, 9.17) is 0 Å². The molecular weight excluding hydrogens is 345 g/mol. The average molecular weight is 360 g/mol. The maximum atomic E-state index is 13.5. The predicted octanol–water partition coefficient (Wildman–Crippen LogP) is 3.26. The van der Waals surface area contributed by atoms with Crippen molar-refractivity contribution in [3.05, 3.63) is 77.9 Å². The Morgan fingerprint density at radius 1 is 1.08 bits per heavy atom. The molecule has 0 aliphatic rings. The van der Waals surface area contributed by atoms with Gasteiger partial charge in [0, 0.05) is 18.9 Å². The monoisotopic (exact) mass is 360 g/mol. The van der Waals surface area contributed by atoms with Crippen LogP contribution < -0.4 is 5.32 Å². The number of halogens is 3. The zero-order chi connectivity index (χ0) is 18.6. The van der Waals surface area contributed by atoms with Crippen LogP contribution in [-0.2, 0) is 12.6 Å². The minimum absolute atomic E-state index is 0.205. The van der Waals surface area contributed by atoms with Crippen LogP contribution in [-0.4, -0.2) is 27.2 Å². The number of nitrogens with one attached hydrogen (secondary N) is 1. The fraction of sp³-hybridized carbons (Fsp3) is 0.167. The molecular formula is C18H15F3N4O. The highest BCUT2D eigenvalue weighted by Gasteiger charge is 2.40. The van der Waals surface area contributed by atoms with Gasteiger partial charge in [0.05, 0.1) is 17.4 Å². The van der Waals surface area contributed by atoms with E-state index in [0.717, 1.165) is 16.4 Å². The molecule has 26 heavy (non-hydrogen) atoms. The van der Waals surface area contributed by atoms with Crippen LogP contribution in [0.2, 0.25) is 0 Å². The third-order valence-electron chi connectivity index (χ3n) is 3.73. The Morgan fingerprint density at radius 3 is 2.42 bits per heavy atom. The normalized spacial score (nSPS) is 11.3. The summed E-state index contributed by atoms with van der Waals surface area (Å²) in [4.78, 5) is 16.2. The van der Waals surface area contributed by atoms with Crippen LogP contribution in [0, 0.1) is 0 Å². The van der Waals surface area contributed by atoms with Crippen molar-refractivity contribution in [2.24, 2.45) is 0 Å². The molecule has 3 aromatic rings. The molecule has 0 saturated heterocycles. The van der Waals surface area contributed by atoms with Gasteiger partial charge in [-0.1, -0.05) is 18.2 Å². The molecule has 134 valence electrons. The zero-order valence-corrected chi connectivity index (χ0v) is 13.6. The Labute approximate surface area is 147 Å². The van der Waals surface area contributed by atoms with Gasteiger partial charge in [0.15, 0.2) is 5.69 Å². The van der Waals surface area contributed by atoms with Crippen molar-refractivity contribution >= 4 is 5.91 Å². The number of carbonyl (C=O) groups is 1. The molecule has 1 aromatic carbocycles. The van der Waals surface area contributed by atoms with Crippen molar-refractivity contribution in [3.8, 4) is 5.69 Å². The number of amides is 1. The molecule has 0 bridgehead atoms. The molecule has 0 fully saturated rings. The number of alkyl halides is 3. The summed E-state index contributed by atoms with van der Waals surface area (Å²) in [6, 6.07) is 11.4. The molecule has 0 spiro atoms. The van der Waals surface area contributed by atoms with Crippen LogP contribution in [0.15, 0.2) is 61.1 Å². The van der Waals surface area contributed by atoms with Gasteiger partial charge in [0.2, 0.25) is 0 Å². The van der Waals surface area contributed by atoms with E-state index in [2.05, 4.69) is 15.4 Å². The van der Waals surface area contributed by atoms with Crippen molar-refractivity contribution in [2.45, 2.75) is 12.6 Å². The highest BCUT2D eigenvalue weighted by atomic mass is 19.4. The smallest absolute Gasteiger partial charge is 0.352 e. The number of hydrogen-bond acceptors (Lipinski definition) is 3. The van der Waals surface area contributed by atoms with Crippen LogP contribution in [0.25, 0.3) is 5.69 Å². The standard InChI is InChI=1S/C18H15F3N4O/c19-18(20,21)16-15(12-24-25(16)14-4-2-1-3-5-14)17(26)23-11-8-13-6-9-22-10-7-13/h1-7,9-10,12H,8,11H2,(H,23,26). The van der Waals surface area contributed by atoms with Crippen molar-refractivity contribution < 1.29 is 18.0 Å². The van der Waals surface area contributed by atoms with Gasteiger partial charge in [-0.25, -0.2) is 4.68 Å². The summed E-state index contributed by atoms with van der Waals surface area (Å²) in [5.74, 6) is -0.812. The van der Waals surface area contributed by atoms with E-state index in [1.807, 2.05) is 0 Å². The van der Waals surface area contributed by atoms with Gasteiger partial charge in [0.1, 0.15) is 0 Å². The number of aromatic nitrogens is 3. The fourth-order valence-corrected chi connectivity index (χ4v) is 2.52. The first-order valence-corrected chi connectivity index (χ1v) is 7.84. The lowest BCUT2D eigenvalue weighted by Gasteiger charge is -2.12. The first kappa shape index (κ1) is 17.7. The van der Waals surface area contributed by atoms with Gasteiger partial charge in [-0.15, -0.1) is 0 Å². The van der Waals surface area contributed by atoms with Crippen molar-refractivity contribution in [2.75, 3.05) is 6.54 Å². The number of benzene rings is 1. The first-order chi connectivity index (χ1) is 12.5. The molecule has 2 aromatic heterocycles. The van der Waals surface area contributed by atoms with Gasteiger partial charge >= 0.3 is 6.18 Å². The highest BCUT2D eigenvalue weighted by molar-refractivity contribution is 5.95. The minimum Gasteiger partial charge on any atom is -0.352 e. The molecule has 0 aliphatic heterocycles. The average Bonchev–Trinajstić information content (AvgIpc) is 3.09. The molecule has 0 atom stereocenters. The summed E-state index contributed by atoms with van der Waals surface area (Å²) in [5, 5.41) is 6.28. The van der Waals surface area contributed by atoms with E-state index < -0.39 is 23.3 Å². The number of rotatable bonds is 5. The fourth-order valence-electron chi connectivity index (χ4n) is 2.52. The summed E-state index contributed by atoms with van der Waals surface area (Å²) >= 11 is 0.